The molecule has 0 spiro atoms. The zero-order valence-corrected chi connectivity index (χ0v) is 12.4. The van der Waals surface area contributed by atoms with E-state index in [1.165, 1.54) is 11.3 Å². The molecule has 0 saturated carbocycles. The van der Waals surface area contributed by atoms with Crippen LogP contribution in [-0.4, -0.2) is 24.7 Å². The highest BCUT2D eigenvalue weighted by atomic mass is 32.1. The Hall–Kier alpha value is -2.35. The lowest BCUT2D eigenvalue weighted by molar-refractivity contribution is 0.371. The summed E-state index contributed by atoms with van der Waals surface area (Å²) in [6.45, 7) is 4.40. The van der Waals surface area contributed by atoms with Crippen LogP contribution in [0, 0.1) is 13.8 Å². The van der Waals surface area contributed by atoms with E-state index in [9.17, 15) is 4.79 Å². The third kappa shape index (κ3) is 2.75. The summed E-state index contributed by atoms with van der Waals surface area (Å²) >= 11 is 1.26. The van der Waals surface area contributed by atoms with Crippen molar-refractivity contribution in [1.29, 1.82) is 0 Å². The van der Waals surface area contributed by atoms with Crippen molar-refractivity contribution < 1.29 is 4.52 Å². The maximum atomic E-state index is 11.8. The summed E-state index contributed by atoms with van der Waals surface area (Å²) in [5.41, 5.74) is 1.55. The number of hydrogen-bond acceptors (Lipinski definition) is 7. The smallest absolute Gasteiger partial charge is 0.307 e. The van der Waals surface area contributed by atoms with Gasteiger partial charge in [-0.3, -0.25) is 9.78 Å². The molecule has 0 fully saturated rings. The fourth-order valence-corrected chi connectivity index (χ4v) is 2.79. The summed E-state index contributed by atoms with van der Waals surface area (Å²) in [5.74, 6) is 0.884. The number of thiazole rings is 1. The van der Waals surface area contributed by atoms with Gasteiger partial charge in [0.2, 0.25) is 11.7 Å². The second kappa shape index (κ2) is 5.57. The van der Waals surface area contributed by atoms with Gasteiger partial charge in [-0.2, -0.15) is 4.98 Å². The molecule has 0 aromatic carbocycles. The molecular formula is C13H13N5O2S. The van der Waals surface area contributed by atoms with Gasteiger partial charge in [0.1, 0.15) is 5.69 Å². The normalized spacial score (nSPS) is 11.0. The Morgan fingerprint density at radius 2 is 2.19 bits per heavy atom. The molecule has 3 rings (SSSR count). The van der Waals surface area contributed by atoms with Crippen LogP contribution in [0.5, 0.6) is 0 Å². The molecule has 108 valence electrons. The summed E-state index contributed by atoms with van der Waals surface area (Å²) in [7, 11) is 0. The van der Waals surface area contributed by atoms with Crippen LogP contribution in [0.4, 0.5) is 0 Å². The van der Waals surface area contributed by atoms with E-state index < -0.39 is 0 Å². The van der Waals surface area contributed by atoms with Gasteiger partial charge in [0.15, 0.2) is 0 Å². The topological polar surface area (TPSA) is 86.7 Å². The first-order valence-corrected chi connectivity index (χ1v) is 7.22. The fourth-order valence-electron chi connectivity index (χ4n) is 1.93. The largest absolute Gasteiger partial charge is 0.339 e. The van der Waals surface area contributed by atoms with Crippen molar-refractivity contribution >= 4 is 11.3 Å². The standard InChI is InChI=1S/C13H13N5O2S/c1-8-9(2)21-13(19)18(8)6-3-11-16-12(17-20-11)10-7-14-4-5-15-10/h4-5,7H,3,6H2,1-2H3. The first-order valence-electron chi connectivity index (χ1n) is 6.41. The molecule has 0 radical (unpaired) electrons. The minimum Gasteiger partial charge on any atom is -0.339 e. The SMILES string of the molecule is Cc1sc(=O)n(CCc2nc(-c3cnccn3)no2)c1C. The Kier molecular flexibility index (Phi) is 3.61. The molecule has 0 aliphatic rings. The first-order chi connectivity index (χ1) is 10.1. The van der Waals surface area contributed by atoms with E-state index >= 15 is 0 Å². The lowest BCUT2D eigenvalue weighted by Crippen LogP contribution is -2.16. The third-order valence-electron chi connectivity index (χ3n) is 3.18. The van der Waals surface area contributed by atoms with Crippen molar-refractivity contribution in [2.75, 3.05) is 0 Å². The van der Waals surface area contributed by atoms with Crippen LogP contribution in [0.15, 0.2) is 27.9 Å². The Balaban J connectivity index is 1.75. The predicted molar refractivity (Wildman–Crippen MR) is 77.1 cm³/mol. The highest BCUT2D eigenvalue weighted by Crippen LogP contribution is 2.13. The van der Waals surface area contributed by atoms with Gasteiger partial charge in [-0.05, 0) is 13.8 Å². The van der Waals surface area contributed by atoms with Crippen LogP contribution in [0.2, 0.25) is 0 Å². The second-order valence-corrected chi connectivity index (χ2v) is 5.68. The van der Waals surface area contributed by atoms with E-state index in [2.05, 4.69) is 20.1 Å². The van der Waals surface area contributed by atoms with Crippen LogP contribution in [0.3, 0.4) is 0 Å². The van der Waals surface area contributed by atoms with Crippen LogP contribution >= 0.6 is 11.3 Å². The molecule has 3 heterocycles. The molecule has 0 bridgehead atoms. The number of hydrogen-bond donors (Lipinski definition) is 0. The maximum Gasteiger partial charge on any atom is 0.307 e. The molecule has 0 amide bonds. The van der Waals surface area contributed by atoms with Gasteiger partial charge in [0.25, 0.3) is 0 Å². The molecule has 0 aliphatic carbocycles. The average molecular weight is 303 g/mol. The molecule has 0 aliphatic heterocycles. The van der Waals surface area contributed by atoms with Crippen molar-refractivity contribution in [2.45, 2.75) is 26.8 Å². The van der Waals surface area contributed by atoms with E-state index in [0.717, 1.165) is 10.6 Å². The van der Waals surface area contributed by atoms with E-state index in [1.54, 1.807) is 23.2 Å². The van der Waals surface area contributed by atoms with Crippen LogP contribution in [0.1, 0.15) is 16.5 Å². The van der Waals surface area contributed by atoms with Gasteiger partial charge in [-0.15, -0.1) is 0 Å². The van der Waals surface area contributed by atoms with Crippen molar-refractivity contribution in [1.82, 2.24) is 24.7 Å². The monoisotopic (exact) mass is 303 g/mol. The molecular weight excluding hydrogens is 290 g/mol. The Labute approximate surface area is 124 Å². The summed E-state index contributed by atoms with van der Waals surface area (Å²) in [6.07, 6.45) is 5.23. The van der Waals surface area contributed by atoms with Crippen molar-refractivity contribution in [2.24, 2.45) is 0 Å². The number of nitrogens with zero attached hydrogens (tertiary/aromatic N) is 5. The van der Waals surface area contributed by atoms with E-state index in [0.29, 0.717) is 30.4 Å². The fraction of sp³-hybridized carbons (Fsp3) is 0.308. The summed E-state index contributed by atoms with van der Waals surface area (Å²) in [6, 6.07) is 0. The molecule has 8 heteroatoms. The molecule has 0 saturated heterocycles. The van der Waals surface area contributed by atoms with Gasteiger partial charge in [-0.25, -0.2) is 4.98 Å². The average Bonchev–Trinajstić information content (AvgIpc) is 3.05. The molecule has 7 nitrogen and oxygen atoms in total. The van der Waals surface area contributed by atoms with Crippen LogP contribution < -0.4 is 4.87 Å². The Morgan fingerprint density at radius 1 is 1.33 bits per heavy atom. The summed E-state index contributed by atoms with van der Waals surface area (Å²) in [5, 5.41) is 3.88. The second-order valence-electron chi connectivity index (χ2n) is 4.51. The lowest BCUT2D eigenvalue weighted by atomic mass is 10.3. The zero-order chi connectivity index (χ0) is 14.8. The Bertz CT molecular complexity index is 806. The molecule has 0 atom stereocenters. The molecule has 0 N–H and O–H groups in total. The zero-order valence-electron chi connectivity index (χ0n) is 11.6. The van der Waals surface area contributed by atoms with Crippen LogP contribution in [-0.2, 0) is 13.0 Å². The first kappa shape index (κ1) is 13.6. The predicted octanol–water partition coefficient (Wildman–Crippen LogP) is 1.61. The molecule has 21 heavy (non-hydrogen) atoms. The highest BCUT2D eigenvalue weighted by molar-refractivity contribution is 7.09. The summed E-state index contributed by atoms with van der Waals surface area (Å²) in [4.78, 5) is 25.2. The summed E-state index contributed by atoms with van der Waals surface area (Å²) < 4.78 is 6.91. The number of rotatable bonds is 4. The van der Waals surface area contributed by atoms with Crippen LogP contribution in [0.25, 0.3) is 11.5 Å². The number of aryl methyl sites for hydroxylation is 2. The van der Waals surface area contributed by atoms with Gasteiger partial charge < -0.3 is 9.09 Å². The minimum absolute atomic E-state index is 0.0404. The Morgan fingerprint density at radius 3 is 2.86 bits per heavy atom. The lowest BCUT2D eigenvalue weighted by Gasteiger charge is -2.01. The molecule has 3 aromatic rings. The maximum absolute atomic E-state index is 11.8. The van der Waals surface area contributed by atoms with Gasteiger partial charge in [-0.1, -0.05) is 16.5 Å². The highest BCUT2D eigenvalue weighted by Gasteiger charge is 2.12. The van der Waals surface area contributed by atoms with Gasteiger partial charge in [0, 0.05) is 35.9 Å². The molecule has 3 aromatic heterocycles. The van der Waals surface area contributed by atoms with E-state index in [4.69, 9.17) is 4.52 Å². The van der Waals surface area contributed by atoms with E-state index in [-0.39, 0.29) is 4.87 Å². The van der Waals surface area contributed by atoms with E-state index in [1.807, 2.05) is 13.8 Å². The minimum atomic E-state index is 0.0404. The van der Waals surface area contributed by atoms with Gasteiger partial charge in [0.05, 0.1) is 6.20 Å². The van der Waals surface area contributed by atoms with Crippen molar-refractivity contribution in [3.63, 3.8) is 0 Å². The quantitative estimate of drug-likeness (QED) is 0.727. The van der Waals surface area contributed by atoms with Crippen molar-refractivity contribution in [3.8, 4) is 11.5 Å². The molecule has 0 unspecified atom stereocenters. The number of aromatic nitrogens is 5. The van der Waals surface area contributed by atoms with Gasteiger partial charge >= 0.3 is 4.87 Å². The third-order valence-corrected chi connectivity index (χ3v) is 4.18. The van der Waals surface area contributed by atoms with Crippen molar-refractivity contribution in [3.05, 3.63) is 44.7 Å².